The molecule has 5 heteroatoms. The van der Waals surface area contributed by atoms with Crippen LogP contribution in [-0.4, -0.2) is 22.2 Å². The van der Waals surface area contributed by atoms with Crippen LogP contribution in [0.15, 0.2) is 42.5 Å². The van der Waals surface area contributed by atoms with Crippen molar-refractivity contribution < 1.29 is 24.2 Å². The first-order valence-corrected chi connectivity index (χ1v) is 5.36. The Morgan fingerprint density at radius 2 is 1.53 bits per heavy atom. The Bertz CT molecular complexity index is 647. The summed E-state index contributed by atoms with van der Waals surface area (Å²) in [6, 6.07) is 9.53. The number of carboxylic acid groups (broad SMARTS) is 2. The highest BCUT2D eigenvalue weighted by atomic mass is 19.1. The summed E-state index contributed by atoms with van der Waals surface area (Å²) in [6.07, 6.45) is 0. The van der Waals surface area contributed by atoms with E-state index in [1.165, 1.54) is 36.4 Å². The zero-order chi connectivity index (χ0) is 14.0. The van der Waals surface area contributed by atoms with Gasteiger partial charge in [0, 0.05) is 0 Å². The van der Waals surface area contributed by atoms with Crippen LogP contribution in [0.25, 0.3) is 11.1 Å². The minimum Gasteiger partial charge on any atom is -0.478 e. The quantitative estimate of drug-likeness (QED) is 0.889. The highest BCUT2D eigenvalue weighted by Crippen LogP contribution is 2.26. The Hall–Kier alpha value is -2.69. The fraction of sp³-hybridized carbons (Fsp3) is 0. The number of aromatic carboxylic acids is 2. The molecule has 96 valence electrons. The Morgan fingerprint density at radius 3 is 2.05 bits per heavy atom. The molecule has 4 nitrogen and oxygen atoms in total. The number of rotatable bonds is 3. The van der Waals surface area contributed by atoms with Gasteiger partial charge in [-0.25, -0.2) is 14.0 Å². The normalized spacial score (nSPS) is 10.2. The first-order chi connectivity index (χ1) is 9.00. The van der Waals surface area contributed by atoms with Crippen LogP contribution in [0.5, 0.6) is 0 Å². The third kappa shape index (κ3) is 2.44. The lowest BCUT2D eigenvalue weighted by Crippen LogP contribution is -2.03. The molecule has 0 fully saturated rings. The average Bonchev–Trinajstić information content (AvgIpc) is 2.38. The molecule has 19 heavy (non-hydrogen) atoms. The van der Waals surface area contributed by atoms with Gasteiger partial charge in [0.2, 0.25) is 0 Å². The van der Waals surface area contributed by atoms with Crippen molar-refractivity contribution in [3.8, 4) is 11.1 Å². The predicted octanol–water partition coefficient (Wildman–Crippen LogP) is 2.89. The molecule has 0 saturated heterocycles. The molecule has 0 aliphatic rings. The minimum atomic E-state index is -1.37. The van der Waals surface area contributed by atoms with Crippen molar-refractivity contribution >= 4 is 11.9 Å². The first kappa shape index (κ1) is 12.8. The number of hydrogen-bond acceptors (Lipinski definition) is 2. The van der Waals surface area contributed by atoms with E-state index in [4.69, 9.17) is 10.2 Å². The number of halogens is 1. The molecule has 0 aromatic heterocycles. The second-order valence-electron chi connectivity index (χ2n) is 3.85. The molecule has 0 atom stereocenters. The van der Waals surface area contributed by atoms with Crippen molar-refractivity contribution in [2.24, 2.45) is 0 Å². The van der Waals surface area contributed by atoms with E-state index in [0.717, 1.165) is 6.07 Å². The van der Waals surface area contributed by atoms with Crippen LogP contribution < -0.4 is 0 Å². The summed E-state index contributed by atoms with van der Waals surface area (Å²) in [7, 11) is 0. The highest BCUT2D eigenvalue weighted by molar-refractivity contribution is 5.96. The summed E-state index contributed by atoms with van der Waals surface area (Å²) in [4.78, 5) is 21.8. The van der Waals surface area contributed by atoms with Crippen LogP contribution >= 0.6 is 0 Å². The fourth-order valence-corrected chi connectivity index (χ4v) is 1.77. The van der Waals surface area contributed by atoms with Gasteiger partial charge in [0.15, 0.2) is 0 Å². The topological polar surface area (TPSA) is 74.6 Å². The van der Waals surface area contributed by atoms with E-state index in [0.29, 0.717) is 5.56 Å². The zero-order valence-electron chi connectivity index (χ0n) is 9.63. The van der Waals surface area contributed by atoms with E-state index >= 15 is 0 Å². The van der Waals surface area contributed by atoms with Crippen molar-refractivity contribution in [3.63, 3.8) is 0 Å². The van der Waals surface area contributed by atoms with E-state index in [1.807, 2.05) is 0 Å². The summed E-state index contributed by atoms with van der Waals surface area (Å²) in [6.45, 7) is 0. The number of carbonyl (C=O) groups is 2. The fourth-order valence-electron chi connectivity index (χ4n) is 1.77. The van der Waals surface area contributed by atoms with Crippen molar-refractivity contribution in [3.05, 3.63) is 59.4 Å². The zero-order valence-corrected chi connectivity index (χ0v) is 9.63. The molecule has 2 rings (SSSR count). The minimum absolute atomic E-state index is 0.0806. The summed E-state index contributed by atoms with van der Waals surface area (Å²) in [5, 5.41) is 17.8. The molecular formula is C14H9FO4. The summed E-state index contributed by atoms with van der Waals surface area (Å²) in [5.41, 5.74) is 0.314. The van der Waals surface area contributed by atoms with Crippen LogP contribution in [0.2, 0.25) is 0 Å². The van der Waals surface area contributed by atoms with Gasteiger partial charge in [-0.2, -0.15) is 0 Å². The smallest absolute Gasteiger partial charge is 0.339 e. The van der Waals surface area contributed by atoms with E-state index in [-0.39, 0.29) is 11.1 Å². The Morgan fingerprint density at radius 1 is 0.895 bits per heavy atom. The van der Waals surface area contributed by atoms with Gasteiger partial charge in [-0.1, -0.05) is 24.3 Å². The Labute approximate surface area is 107 Å². The molecule has 2 aromatic carbocycles. The van der Waals surface area contributed by atoms with Crippen LogP contribution in [0.1, 0.15) is 20.7 Å². The number of carboxylic acids is 2. The van der Waals surface area contributed by atoms with E-state index in [9.17, 15) is 14.0 Å². The van der Waals surface area contributed by atoms with Gasteiger partial charge in [-0.15, -0.1) is 0 Å². The molecule has 0 bridgehead atoms. The third-order valence-corrected chi connectivity index (χ3v) is 2.67. The van der Waals surface area contributed by atoms with E-state index < -0.39 is 23.3 Å². The molecule has 2 N–H and O–H groups in total. The van der Waals surface area contributed by atoms with Gasteiger partial charge < -0.3 is 10.2 Å². The average molecular weight is 260 g/mol. The predicted molar refractivity (Wildman–Crippen MR) is 65.8 cm³/mol. The number of hydrogen-bond donors (Lipinski definition) is 2. The standard InChI is InChI=1S/C14H9FO4/c15-11-3-1-2-10(12(11)14(18)19)8-4-6-9(7-5-8)13(16)17/h1-7H,(H,16,17)(H,18,19). The van der Waals surface area contributed by atoms with E-state index in [1.54, 1.807) is 0 Å². The van der Waals surface area contributed by atoms with Gasteiger partial charge >= 0.3 is 11.9 Å². The Kier molecular flexibility index (Phi) is 3.29. The molecule has 2 aromatic rings. The van der Waals surface area contributed by atoms with Gasteiger partial charge in [-0.05, 0) is 29.3 Å². The van der Waals surface area contributed by atoms with Gasteiger partial charge in [-0.3, -0.25) is 0 Å². The SMILES string of the molecule is O=C(O)c1ccc(-c2cccc(F)c2C(=O)O)cc1. The largest absolute Gasteiger partial charge is 0.478 e. The monoisotopic (exact) mass is 260 g/mol. The maximum absolute atomic E-state index is 13.5. The summed E-state index contributed by atoms with van der Waals surface area (Å²) >= 11 is 0. The molecule has 0 radical (unpaired) electrons. The lowest BCUT2D eigenvalue weighted by atomic mass is 9.98. The van der Waals surface area contributed by atoms with Crippen molar-refractivity contribution in [2.45, 2.75) is 0 Å². The first-order valence-electron chi connectivity index (χ1n) is 5.36. The van der Waals surface area contributed by atoms with Crippen molar-refractivity contribution in [1.82, 2.24) is 0 Å². The van der Waals surface area contributed by atoms with E-state index in [2.05, 4.69) is 0 Å². The van der Waals surface area contributed by atoms with Crippen LogP contribution in [0.4, 0.5) is 4.39 Å². The molecular weight excluding hydrogens is 251 g/mol. The summed E-state index contributed by atoms with van der Waals surface area (Å²) in [5.74, 6) is -3.27. The Balaban J connectivity index is 2.56. The molecule has 0 heterocycles. The molecule has 0 saturated carbocycles. The van der Waals surface area contributed by atoms with Crippen molar-refractivity contribution in [1.29, 1.82) is 0 Å². The van der Waals surface area contributed by atoms with Gasteiger partial charge in [0.1, 0.15) is 11.4 Å². The van der Waals surface area contributed by atoms with Crippen LogP contribution in [0.3, 0.4) is 0 Å². The molecule has 0 aliphatic heterocycles. The molecule has 0 amide bonds. The lowest BCUT2D eigenvalue weighted by Gasteiger charge is -2.07. The number of benzene rings is 2. The highest BCUT2D eigenvalue weighted by Gasteiger charge is 2.16. The third-order valence-electron chi connectivity index (χ3n) is 2.67. The second-order valence-corrected chi connectivity index (χ2v) is 3.85. The molecule has 0 spiro atoms. The summed E-state index contributed by atoms with van der Waals surface area (Å²) < 4.78 is 13.5. The maximum Gasteiger partial charge on any atom is 0.339 e. The van der Waals surface area contributed by atoms with Crippen LogP contribution in [-0.2, 0) is 0 Å². The van der Waals surface area contributed by atoms with Gasteiger partial charge in [0.05, 0.1) is 5.56 Å². The van der Waals surface area contributed by atoms with Gasteiger partial charge in [0.25, 0.3) is 0 Å². The second kappa shape index (κ2) is 4.89. The van der Waals surface area contributed by atoms with Crippen molar-refractivity contribution in [2.75, 3.05) is 0 Å². The lowest BCUT2D eigenvalue weighted by molar-refractivity contribution is 0.0683. The molecule has 0 aliphatic carbocycles. The molecule has 0 unspecified atom stereocenters. The maximum atomic E-state index is 13.5. The van der Waals surface area contributed by atoms with Crippen LogP contribution in [0, 0.1) is 5.82 Å².